The molecular formula is C23H29BN3O5P. The lowest BCUT2D eigenvalue weighted by atomic mass is 9.78. The number of benzene rings is 2. The first-order chi connectivity index (χ1) is 15.8. The van der Waals surface area contributed by atoms with Crippen molar-refractivity contribution in [1.82, 2.24) is 9.90 Å². The largest absolute Gasteiger partial charge is 0.488 e. The van der Waals surface area contributed by atoms with Crippen LogP contribution in [0.25, 0.3) is 10.8 Å². The number of hydrogen-bond donors (Lipinski definition) is 2. The second kappa shape index (κ2) is 9.33. The highest BCUT2D eigenvalue weighted by Crippen LogP contribution is 2.48. The maximum Gasteiger partial charge on any atom is 0.358 e. The van der Waals surface area contributed by atoms with E-state index in [1.165, 1.54) is 4.90 Å². The monoisotopic (exact) mass is 469 g/mol. The smallest absolute Gasteiger partial charge is 0.358 e. The lowest BCUT2D eigenvalue weighted by Crippen LogP contribution is -2.63. The Balaban J connectivity index is 1.67. The molecular weight excluding hydrogens is 440 g/mol. The number of nitrogens with one attached hydrogen (secondary N) is 1. The average molecular weight is 469 g/mol. The van der Waals surface area contributed by atoms with E-state index in [0.717, 1.165) is 16.5 Å². The van der Waals surface area contributed by atoms with Gasteiger partial charge in [-0.25, -0.2) is 4.79 Å². The van der Waals surface area contributed by atoms with Gasteiger partial charge in [0.1, 0.15) is 27.0 Å². The lowest BCUT2D eigenvalue weighted by Gasteiger charge is -2.46. The number of fused-ring (bicyclic) bond motifs is 2. The van der Waals surface area contributed by atoms with Gasteiger partial charge in [0.15, 0.2) is 7.98 Å². The Labute approximate surface area is 196 Å². The fourth-order valence-corrected chi connectivity index (χ4v) is 5.20. The Morgan fingerprint density at radius 1 is 1.27 bits per heavy atom. The third kappa shape index (κ3) is 3.99. The Kier molecular flexibility index (Phi) is 6.66. The number of nitrogens with zero attached hydrogens (tertiary/aromatic N) is 2. The van der Waals surface area contributed by atoms with Crippen LogP contribution in [0.5, 0.6) is 5.75 Å². The number of aliphatic hydroxyl groups is 1. The van der Waals surface area contributed by atoms with E-state index in [9.17, 15) is 14.7 Å². The molecule has 2 aliphatic heterocycles. The highest BCUT2D eigenvalue weighted by atomic mass is 31.1. The van der Waals surface area contributed by atoms with Crippen LogP contribution in [0.15, 0.2) is 47.7 Å². The molecule has 2 aromatic carbocycles. The molecule has 0 bridgehead atoms. The molecule has 0 radical (unpaired) electrons. The predicted octanol–water partition coefficient (Wildman–Crippen LogP) is 1.59. The van der Waals surface area contributed by atoms with Crippen molar-refractivity contribution in [2.45, 2.75) is 26.0 Å². The minimum absolute atomic E-state index is 0.143. The molecule has 2 heterocycles. The number of aliphatic hydroxyl groups excluding tert-OH is 1. The SMILES string of the molecule is BNPOC(=O)C1=C(COc2cccc3c(N(C)C)cccc23)[C@H](C)[C@@H]2[C@@H]([C@@H](C)O)C(=O)N12. The number of hydrogen-bond acceptors (Lipinski definition) is 7. The number of rotatable bonds is 8. The van der Waals surface area contributed by atoms with E-state index in [4.69, 9.17) is 9.26 Å². The summed E-state index contributed by atoms with van der Waals surface area (Å²) >= 11 is 0. The normalized spacial score (nSPS) is 23.1. The van der Waals surface area contributed by atoms with E-state index in [1.54, 1.807) is 14.9 Å². The van der Waals surface area contributed by atoms with Gasteiger partial charge in [0, 0.05) is 42.0 Å². The van der Waals surface area contributed by atoms with Gasteiger partial charge in [-0.1, -0.05) is 31.2 Å². The molecule has 10 heteroatoms. The van der Waals surface area contributed by atoms with Gasteiger partial charge in [0.05, 0.1) is 18.1 Å². The molecule has 33 heavy (non-hydrogen) atoms. The number of carbonyl (C=O) groups is 2. The van der Waals surface area contributed by atoms with Crippen LogP contribution in [-0.2, 0) is 14.1 Å². The van der Waals surface area contributed by atoms with Gasteiger partial charge in [0.2, 0.25) is 5.91 Å². The Hall–Kier alpha value is -2.61. The van der Waals surface area contributed by atoms with Crippen molar-refractivity contribution >= 4 is 45.3 Å². The number of amides is 1. The molecule has 0 saturated carbocycles. The number of anilines is 1. The van der Waals surface area contributed by atoms with Crippen LogP contribution in [0, 0.1) is 11.8 Å². The summed E-state index contributed by atoms with van der Waals surface area (Å²) in [6.45, 7) is 3.72. The van der Waals surface area contributed by atoms with Crippen LogP contribution in [0.1, 0.15) is 13.8 Å². The van der Waals surface area contributed by atoms with Crippen molar-refractivity contribution < 1.29 is 24.0 Å². The fourth-order valence-electron chi connectivity index (χ4n) is 4.91. The molecule has 0 aliphatic carbocycles. The van der Waals surface area contributed by atoms with Crippen LogP contribution >= 0.6 is 8.96 Å². The Morgan fingerprint density at radius 3 is 2.64 bits per heavy atom. The zero-order valence-electron chi connectivity index (χ0n) is 19.5. The van der Waals surface area contributed by atoms with Crippen molar-refractivity contribution in [3.63, 3.8) is 0 Å². The van der Waals surface area contributed by atoms with Crippen molar-refractivity contribution in [2.24, 2.45) is 11.8 Å². The van der Waals surface area contributed by atoms with Gasteiger partial charge in [-0.05, 0) is 19.1 Å². The maximum absolute atomic E-state index is 12.9. The van der Waals surface area contributed by atoms with Crippen LogP contribution in [0.3, 0.4) is 0 Å². The van der Waals surface area contributed by atoms with Crippen molar-refractivity contribution in [3.05, 3.63) is 47.7 Å². The van der Waals surface area contributed by atoms with Gasteiger partial charge in [-0.3, -0.25) is 4.79 Å². The summed E-state index contributed by atoms with van der Waals surface area (Å²) in [5, 5.41) is 12.2. The summed E-state index contributed by atoms with van der Waals surface area (Å²) < 4.78 is 11.6. The molecule has 0 aromatic heterocycles. The van der Waals surface area contributed by atoms with Crippen LogP contribution in [0.2, 0.25) is 0 Å². The van der Waals surface area contributed by atoms with E-state index in [2.05, 4.69) is 16.0 Å². The zero-order chi connectivity index (χ0) is 23.9. The standard InChI is InChI=1S/C23H29BN3O5P/c1-12-16(11-31-18-10-6-7-14-15(18)8-5-9-17(14)26(3)4)21(23(30)32-33-25-24)27-20(12)19(13(2)28)22(27)29/h5-10,12-13,19-20,25,28,33H,11,24H2,1-4H3/t12-,13+,19+,20+/m0/s1. The van der Waals surface area contributed by atoms with E-state index >= 15 is 0 Å². The first-order valence-electron chi connectivity index (χ1n) is 11.0. The minimum Gasteiger partial charge on any atom is -0.488 e. The minimum atomic E-state index is -0.791. The van der Waals surface area contributed by atoms with Crippen LogP contribution < -0.4 is 14.6 Å². The first kappa shape index (κ1) is 23.5. The number of carbonyl (C=O) groups excluding carboxylic acids is 2. The quantitative estimate of drug-likeness (QED) is 0.345. The summed E-state index contributed by atoms with van der Waals surface area (Å²) in [5.41, 5.74) is 2.03. The van der Waals surface area contributed by atoms with Crippen LogP contribution in [-0.4, -0.2) is 62.7 Å². The molecule has 2 N–H and O–H groups in total. The maximum atomic E-state index is 12.9. The summed E-state index contributed by atoms with van der Waals surface area (Å²) in [6.07, 6.45) is -0.791. The van der Waals surface area contributed by atoms with Gasteiger partial charge in [0.25, 0.3) is 0 Å². The molecule has 2 aromatic rings. The zero-order valence-corrected chi connectivity index (χ0v) is 20.5. The average Bonchev–Trinajstić information content (AvgIpc) is 3.03. The summed E-state index contributed by atoms with van der Waals surface area (Å²) in [7, 11) is 5.46. The van der Waals surface area contributed by atoms with Crippen molar-refractivity contribution in [1.29, 1.82) is 0 Å². The highest BCUT2D eigenvalue weighted by Gasteiger charge is 2.60. The summed E-state index contributed by atoms with van der Waals surface area (Å²) in [4.78, 5) is 32.0. The summed E-state index contributed by atoms with van der Waals surface area (Å²) in [6, 6.07) is 11.7. The molecule has 1 fully saturated rings. The third-order valence-electron chi connectivity index (χ3n) is 6.48. The third-order valence-corrected chi connectivity index (χ3v) is 6.97. The molecule has 1 saturated heterocycles. The molecule has 8 nitrogen and oxygen atoms in total. The lowest BCUT2D eigenvalue weighted by molar-refractivity contribution is -0.162. The van der Waals surface area contributed by atoms with Gasteiger partial charge in [-0.15, -0.1) is 0 Å². The Morgan fingerprint density at radius 2 is 1.97 bits per heavy atom. The molecule has 0 spiro atoms. The molecule has 1 unspecified atom stereocenters. The molecule has 174 valence electrons. The predicted molar refractivity (Wildman–Crippen MR) is 132 cm³/mol. The van der Waals surface area contributed by atoms with Crippen LogP contribution in [0.4, 0.5) is 5.69 Å². The fraction of sp³-hybridized carbons (Fsp3) is 0.391. The number of ether oxygens (including phenoxy) is 1. The second-order valence-corrected chi connectivity index (χ2v) is 9.59. The number of β-lactam (4-membered cyclic amide) rings is 1. The summed E-state index contributed by atoms with van der Waals surface area (Å²) in [5.74, 6) is -0.783. The highest BCUT2D eigenvalue weighted by molar-refractivity contribution is 7.32. The van der Waals surface area contributed by atoms with Crippen molar-refractivity contribution in [3.8, 4) is 5.75 Å². The van der Waals surface area contributed by atoms with Gasteiger partial charge >= 0.3 is 5.97 Å². The van der Waals surface area contributed by atoms with E-state index in [0.29, 0.717) is 11.3 Å². The van der Waals surface area contributed by atoms with Gasteiger partial charge < -0.3 is 29.2 Å². The van der Waals surface area contributed by atoms with E-state index in [1.807, 2.05) is 51.4 Å². The topological polar surface area (TPSA) is 91.3 Å². The molecule has 4 rings (SSSR count). The van der Waals surface area contributed by atoms with E-state index in [-0.39, 0.29) is 39.1 Å². The molecule has 5 atom stereocenters. The van der Waals surface area contributed by atoms with Crippen molar-refractivity contribution in [2.75, 3.05) is 25.6 Å². The first-order valence-corrected chi connectivity index (χ1v) is 11.9. The second-order valence-electron chi connectivity index (χ2n) is 8.68. The Bertz CT molecular complexity index is 1120. The van der Waals surface area contributed by atoms with Gasteiger partial charge in [-0.2, -0.15) is 0 Å². The molecule has 2 aliphatic rings. The molecule has 1 amide bonds. The van der Waals surface area contributed by atoms with E-state index < -0.39 is 18.0 Å².